The molecule has 23 heavy (non-hydrogen) atoms. The number of aromatic nitrogens is 1. The Hall–Kier alpha value is -2.34. The average Bonchev–Trinajstić information content (AvgIpc) is 3.01. The number of oxazole rings is 1. The van der Waals surface area contributed by atoms with E-state index >= 15 is 0 Å². The van der Waals surface area contributed by atoms with Crippen LogP contribution in [0.5, 0.6) is 5.75 Å². The minimum Gasteiger partial charge on any atom is -0.491 e. The molecule has 0 radical (unpaired) electrons. The van der Waals surface area contributed by atoms with E-state index < -0.39 is 0 Å². The molecule has 2 aromatic rings. The predicted octanol–water partition coefficient (Wildman–Crippen LogP) is 2.27. The van der Waals surface area contributed by atoms with E-state index in [1.54, 1.807) is 12.3 Å². The van der Waals surface area contributed by atoms with Crippen molar-refractivity contribution in [3.63, 3.8) is 0 Å². The summed E-state index contributed by atoms with van der Waals surface area (Å²) in [6.45, 7) is 6.40. The molecule has 0 fully saturated rings. The summed E-state index contributed by atoms with van der Waals surface area (Å²) in [4.78, 5) is 16.2. The van der Waals surface area contributed by atoms with E-state index in [0.29, 0.717) is 11.5 Å². The number of benzene rings is 1. The average molecular weight is 318 g/mol. The van der Waals surface area contributed by atoms with Gasteiger partial charge >= 0.3 is 5.91 Å². The molecule has 124 valence electrons. The lowest BCUT2D eigenvalue weighted by Crippen LogP contribution is -2.23. The van der Waals surface area contributed by atoms with Crippen LogP contribution in [0.15, 0.2) is 34.9 Å². The Morgan fingerprint density at radius 2 is 2.09 bits per heavy atom. The Balaban J connectivity index is 2.01. The van der Waals surface area contributed by atoms with Gasteiger partial charge in [-0.05, 0) is 6.07 Å². The van der Waals surface area contributed by atoms with E-state index in [1.807, 2.05) is 39.0 Å². The second kappa shape index (κ2) is 7.28. The molecule has 0 unspecified atom stereocenters. The van der Waals surface area contributed by atoms with E-state index in [1.165, 1.54) is 0 Å². The lowest BCUT2D eigenvalue weighted by atomic mass is 9.94. The second-order valence-electron chi connectivity index (χ2n) is 6.14. The zero-order valence-corrected chi connectivity index (χ0v) is 13.6. The molecule has 0 aliphatic rings. The second-order valence-corrected chi connectivity index (χ2v) is 6.14. The van der Waals surface area contributed by atoms with Crippen molar-refractivity contribution >= 4 is 5.91 Å². The van der Waals surface area contributed by atoms with Gasteiger partial charge in [-0.3, -0.25) is 4.79 Å². The zero-order valence-electron chi connectivity index (χ0n) is 13.6. The van der Waals surface area contributed by atoms with Crippen molar-refractivity contribution in [1.29, 1.82) is 0 Å². The number of hydrogen-bond donors (Lipinski definition) is 2. The summed E-state index contributed by atoms with van der Waals surface area (Å²) < 4.78 is 10.9. The van der Waals surface area contributed by atoms with Gasteiger partial charge in [0.15, 0.2) is 0 Å². The summed E-state index contributed by atoms with van der Waals surface area (Å²) in [5, 5.41) is 11.6. The molecule has 2 rings (SSSR count). The van der Waals surface area contributed by atoms with Gasteiger partial charge in [-0.15, -0.1) is 0 Å². The highest BCUT2D eigenvalue weighted by Crippen LogP contribution is 2.23. The fourth-order valence-corrected chi connectivity index (χ4v) is 1.92. The van der Waals surface area contributed by atoms with Gasteiger partial charge in [-0.25, -0.2) is 4.98 Å². The third-order valence-corrected chi connectivity index (χ3v) is 3.20. The third kappa shape index (κ3) is 4.56. The van der Waals surface area contributed by atoms with Crippen LogP contribution in [0.25, 0.3) is 0 Å². The van der Waals surface area contributed by atoms with Crippen LogP contribution < -0.4 is 10.1 Å². The number of hydrogen-bond acceptors (Lipinski definition) is 5. The van der Waals surface area contributed by atoms with Gasteiger partial charge in [-0.1, -0.05) is 39.0 Å². The predicted molar refractivity (Wildman–Crippen MR) is 85.4 cm³/mol. The monoisotopic (exact) mass is 318 g/mol. The summed E-state index contributed by atoms with van der Waals surface area (Å²) in [5.41, 5.74) is 0.618. The Labute approximate surface area is 135 Å². The van der Waals surface area contributed by atoms with Crippen molar-refractivity contribution in [2.75, 3.05) is 13.2 Å². The smallest absolute Gasteiger partial charge is 0.307 e. The number of amides is 1. The van der Waals surface area contributed by atoms with Gasteiger partial charge in [0.05, 0.1) is 12.8 Å². The number of carbonyl (C=O) groups excluding carboxylic acids is 1. The summed E-state index contributed by atoms with van der Waals surface area (Å²) in [5.74, 6) is 0.958. The van der Waals surface area contributed by atoms with E-state index in [0.717, 1.165) is 5.56 Å². The van der Waals surface area contributed by atoms with Crippen LogP contribution in [0.4, 0.5) is 0 Å². The number of carbonyl (C=O) groups is 1. The van der Waals surface area contributed by atoms with Crippen molar-refractivity contribution in [3.05, 3.63) is 47.7 Å². The summed E-state index contributed by atoms with van der Waals surface area (Å²) in [6.07, 6.45) is 1.58. The summed E-state index contributed by atoms with van der Waals surface area (Å²) in [6, 6.07) is 7.33. The first kappa shape index (κ1) is 17.0. The first-order chi connectivity index (χ1) is 10.9. The molecule has 1 heterocycles. The quantitative estimate of drug-likeness (QED) is 0.853. The Morgan fingerprint density at radius 3 is 2.74 bits per heavy atom. The molecular formula is C17H22N2O4. The molecule has 0 aliphatic heterocycles. The lowest BCUT2D eigenvalue weighted by molar-refractivity contribution is 0.0912. The fourth-order valence-electron chi connectivity index (χ4n) is 1.92. The molecule has 2 N–H and O–H groups in total. The molecule has 0 saturated carbocycles. The van der Waals surface area contributed by atoms with Crippen molar-refractivity contribution in [2.45, 2.75) is 32.7 Å². The minimum atomic E-state index is -0.377. The summed E-state index contributed by atoms with van der Waals surface area (Å²) >= 11 is 0. The number of aliphatic hydroxyl groups is 1. The molecule has 0 saturated heterocycles. The van der Waals surface area contributed by atoms with E-state index in [9.17, 15) is 4.79 Å². The first-order valence-corrected chi connectivity index (χ1v) is 7.48. The largest absolute Gasteiger partial charge is 0.491 e. The fraction of sp³-hybridized carbons (Fsp3) is 0.412. The molecule has 1 aromatic heterocycles. The van der Waals surface area contributed by atoms with Crippen LogP contribution in [0.2, 0.25) is 0 Å². The van der Waals surface area contributed by atoms with Gasteiger partial charge in [0, 0.05) is 17.5 Å². The molecular weight excluding hydrogens is 296 g/mol. The Kier molecular flexibility index (Phi) is 5.39. The number of para-hydroxylation sites is 1. The van der Waals surface area contributed by atoms with Crippen LogP contribution in [0, 0.1) is 0 Å². The van der Waals surface area contributed by atoms with Crippen LogP contribution in [-0.2, 0) is 12.0 Å². The molecule has 0 atom stereocenters. The lowest BCUT2D eigenvalue weighted by Gasteiger charge is -2.13. The standard InChI is InChI=1S/C17H22N2O4/c1-17(2,3)14-11-19-16(23-14)15(21)18-10-12-6-4-5-7-13(12)22-9-8-20/h4-7,11,20H,8-10H2,1-3H3,(H,18,21). The number of nitrogens with zero attached hydrogens (tertiary/aromatic N) is 1. The minimum absolute atomic E-state index is 0.0451. The van der Waals surface area contributed by atoms with Gasteiger partial charge in [0.25, 0.3) is 5.89 Å². The Morgan fingerprint density at radius 1 is 1.35 bits per heavy atom. The van der Waals surface area contributed by atoms with Gasteiger partial charge in [-0.2, -0.15) is 0 Å². The maximum absolute atomic E-state index is 12.1. The van der Waals surface area contributed by atoms with E-state index in [-0.39, 0.29) is 37.0 Å². The topological polar surface area (TPSA) is 84.6 Å². The SMILES string of the molecule is CC(C)(C)c1cnc(C(=O)NCc2ccccc2OCCO)o1. The molecule has 6 heteroatoms. The van der Waals surface area contributed by atoms with Crippen molar-refractivity contribution < 1.29 is 19.1 Å². The zero-order chi connectivity index (χ0) is 16.9. The highest BCUT2D eigenvalue weighted by Gasteiger charge is 2.21. The highest BCUT2D eigenvalue weighted by atomic mass is 16.5. The molecule has 1 amide bonds. The van der Waals surface area contributed by atoms with Crippen LogP contribution in [0.1, 0.15) is 42.8 Å². The number of aliphatic hydroxyl groups excluding tert-OH is 1. The number of nitrogens with one attached hydrogen (secondary N) is 1. The normalized spacial score (nSPS) is 11.3. The van der Waals surface area contributed by atoms with E-state index in [2.05, 4.69) is 10.3 Å². The highest BCUT2D eigenvalue weighted by molar-refractivity contribution is 5.89. The number of rotatable bonds is 6. The first-order valence-electron chi connectivity index (χ1n) is 7.48. The van der Waals surface area contributed by atoms with Crippen molar-refractivity contribution in [1.82, 2.24) is 10.3 Å². The van der Waals surface area contributed by atoms with Gasteiger partial charge in [0.2, 0.25) is 0 Å². The molecule has 0 aliphatic carbocycles. The summed E-state index contributed by atoms with van der Waals surface area (Å²) in [7, 11) is 0. The maximum Gasteiger partial charge on any atom is 0.307 e. The van der Waals surface area contributed by atoms with Crippen molar-refractivity contribution in [2.24, 2.45) is 0 Å². The van der Waals surface area contributed by atoms with Gasteiger partial charge < -0.3 is 19.6 Å². The van der Waals surface area contributed by atoms with Crippen LogP contribution in [-0.4, -0.2) is 29.2 Å². The van der Waals surface area contributed by atoms with Crippen LogP contribution in [0.3, 0.4) is 0 Å². The maximum atomic E-state index is 12.1. The number of ether oxygens (including phenoxy) is 1. The van der Waals surface area contributed by atoms with E-state index in [4.69, 9.17) is 14.3 Å². The molecule has 1 aromatic carbocycles. The van der Waals surface area contributed by atoms with Gasteiger partial charge in [0.1, 0.15) is 18.1 Å². The third-order valence-electron chi connectivity index (χ3n) is 3.20. The van der Waals surface area contributed by atoms with Crippen molar-refractivity contribution in [3.8, 4) is 5.75 Å². The molecule has 6 nitrogen and oxygen atoms in total. The van der Waals surface area contributed by atoms with Crippen LogP contribution >= 0.6 is 0 Å². The molecule has 0 spiro atoms. The molecule has 0 bridgehead atoms. The Bertz CT molecular complexity index is 659.